The number of benzene rings is 1. The van der Waals surface area contributed by atoms with Crippen LogP contribution in [-0.2, 0) is 6.42 Å². The van der Waals surface area contributed by atoms with E-state index in [0.717, 1.165) is 16.9 Å². The molecule has 0 bridgehead atoms. The Bertz CT molecular complexity index is 1340. The molecule has 0 aliphatic carbocycles. The van der Waals surface area contributed by atoms with E-state index in [4.69, 9.17) is 0 Å². The Balaban J connectivity index is 1.72. The Morgan fingerprint density at radius 3 is 2.52 bits per heavy atom. The van der Waals surface area contributed by atoms with Gasteiger partial charge in [0, 0.05) is 43.1 Å². The van der Waals surface area contributed by atoms with E-state index in [9.17, 15) is 4.79 Å². The number of rotatable bonds is 4. The minimum absolute atomic E-state index is 0.176. The highest BCUT2D eigenvalue weighted by atomic mass is 16.1. The van der Waals surface area contributed by atoms with Crippen molar-refractivity contribution in [3.05, 3.63) is 113 Å². The van der Waals surface area contributed by atoms with E-state index in [1.54, 1.807) is 23.2 Å². The Morgan fingerprint density at radius 1 is 0.862 bits per heavy atom. The Kier molecular flexibility index (Phi) is 4.22. The molecule has 0 N–H and O–H groups in total. The van der Waals surface area contributed by atoms with Crippen LogP contribution in [0.2, 0.25) is 0 Å². The lowest BCUT2D eigenvalue weighted by molar-refractivity contribution is 0.922. The molecule has 0 unspecified atom stereocenters. The summed E-state index contributed by atoms with van der Waals surface area (Å²) in [5.74, 6) is 0. The second-order valence-electron chi connectivity index (χ2n) is 6.69. The molecule has 0 amide bonds. The van der Waals surface area contributed by atoms with E-state index in [1.165, 1.54) is 0 Å². The van der Waals surface area contributed by atoms with Crippen LogP contribution in [0.4, 0.5) is 0 Å². The van der Waals surface area contributed by atoms with Crippen molar-refractivity contribution in [3.63, 3.8) is 0 Å². The van der Waals surface area contributed by atoms with Gasteiger partial charge in [-0.05, 0) is 54.1 Å². The van der Waals surface area contributed by atoms with Gasteiger partial charge in [0.25, 0.3) is 5.56 Å². The first-order valence-corrected chi connectivity index (χ1v) is 9.29. The van der Waals surface area contributed by atoms with Gasteiger partial charge in [-0.1, -0.05) is 12.1 Å². The van der Waals surface area contributed by atoms with E-state index in [0.29, 0.717) is 23.3 Å². The van der Waals surface area contributed by atoms with E-state index < -0.39 is 0 Å². The van der Waals surface area contributed by atoms with Crippen molar-refractivity contribution in [2.75, 3.05) is 0 Å². The maximum absolute atomic E-state index is 13.4. The summed E-state index contributed by atoms with van der Waals surface area (Å²) >= 11 is 0. The zero-order valence-electron chi connectivity index (χ0n) is 15.5. The SMILES string of the molecule is O=c1c(Cc2cccnc2)nc2cccnc2n1-c1cccc(-n2cccc2)c1. The highest BCUT2D eigenvalue weighted by Gasteiger charge is 2.14. The standard InChI is InChI=1S/C23H17N5O/c29-23-21(14-17-6-4-10-24-16-17)26-20-9-5-11-25-22(20)28(23)19-8-3-7-18(15-19)27-12-1-2-13-27/h1-13,15-16H,14H2. The fraction of sp³-hybridized carbons (Fsp3) is 0.0435. The lowest BCUT2D eigenvalue weighted by Gasteiger charge is -2.13. The molecular formula is C23H17N5O. The van der Waals surface area contributed by atoms with Crippen molar-refractivity contribution >= 4 is 11.2 Å². The molecule has 0 aliphatic rings. The molecule has 0 saturated carbocycles. The van der Waals surface area contributed by atoms with Crippen molar-refractivity contribution in [1.29, 1.82) is 0 Å². The number of hydrogen-bond acceptors (Lipinski definition) is 4. The molecule has 0 saturated heterocycles. The number of fused-ring (bicyclic) bond motifs is 1. The summed E-state index contributed by atoms with van der Waals surface area (Å²) in [7, 11) is 0. The van der Waals surface area contributed by atoms with Crippen LogP contribution in [0.1, 0.15) is 11.3 Å². The van der Waals surface area contributed by atoms with E-state index in [2.05, 4.69) is 15.0 Å². The number of aromatic nitrogens is 5. The van der Waals surface area contributed by atoms with Gasteiger partial charge in [0.1, 0.15) is 11.2 Å². The highest BCUT2D eigenvalue weighted by molar-refractivity contribution is 5.72. The van der Waals surface area contributed by atoms with Gasteiger partial charge in [-0.3, -0.25) is 14.3 Å². The first-order chi connectivity index (χ1) is 14.3. The van der Waals surface area contributed by atoms with Crippen LogP contribution in [0.25, 0.3) is 22.5 Å². The summed E-state index contributed by atoms with van der Waals surface area (Å²) in [6, 6.07) is 19.3. The van der Waals surface area contributed by atoms with Crippen LogP contribution in [0.3, 0.4) is 0 Å². The molecule has 5 rings (SSSR count). The van der Waals surface area contributed by atoms with Crippen molar-refractivity contribution in [2.24, 2.45) is 0 Å². The Hall–Kier alpha value is -4.06. The fourth-order valence-corrected chi connectivity index (χ4v) is 3.42. The van der Waals surface area contributed by atoms with Gasteiger partial charge >= 0.3 is 0 Å². The summed E-state index contributed by atoms with van der Waals surface area (Å²) in [5.41, 5.74) is 4.16. The summed E-state index contributed by atoms with van der Waals surface area (Å²) in [5, 5.41) is 0. The van der Waals surface area contributed by atoms with Crippen molar-refractivity contribution in [3.8, 4) is 11.4 Å². The molecule has 6 heteroatoms. The monoisotopic (exact) mass is 379 g/mol. The molecule has 29 heavy (non-hydrogen) atoms. The van der Waals surface area contributed by atoms with Crippen LogP contribution in [0.5, 0.6) is 0 Å². The number of nitrogens with zero attached hydrogens (tertiary/aromatic N) is 5. The largest absolute Gasteiger partial charge is 0.324 e. The predicted octanol–water partition coefficient (Wildman–Crippen LogP) is 3.56. The van der Waals surface area contributed by atoms with Gasteiger partial charge in [-0.2, -0.15) is 0 Å². The molecule has 0 atom stereocenters. The third kappa shape index (κ3) is 3.21. The molecule has 4 heterocycles. The minimum Gasteiger partial charge on any atom is -0.324 e. The van der Waals surface area contributed by atoms with Gasteiger partial charge in [0.05, 0.1) is 5.69 Å². The summed E-state index contributed by atoms with van der Waals surface area (Å²) in [6.45, 7) is 0. The first kappa shape index (κ1) is 17.1. The molecule has 0 fully saturated rings. The first-order valence-electron chi connectivity index (χ1n) is 9.29. The van der Waals surface area contributed by atoms with Crippen LogP contribution in [-0.4, -0.2) is 24.1 Å². The molecule has 140 valence electrons. The third-order valence-corrected chi connectivity index (χ3v) is 4.77. The van der Waals surface area contributed by atoms with Gasteiger partial charge in [-0.15, -0.1) is 0 Å². The Labute approximate surface area is 166 Å². The average molecular weight is 379 g/mol. The molecule has 4 aromatic heterocycles. The van der Waals surface area contributed by atoms with Gasteiger partial charge < -0.3 is 4.57 Å². The predicted molar refractivity (Wildman–Crippen MR) is 112 cm³/mol. The molecule has 0 spiro atoms. The van der Waals surface area contributed by atoms with Gasteiger partial charge in [-0.25, -0.2) is 9.97 Å². The highest BCUT2D eigenvalue weighted by Crippen LogP contribution is 2.18. The van der Waals surface area contributed by atoms with Crippen LogP contribution < -0.4 is 5.56 Å². The van der Waals surface area contributed by atoms with Crippen molar-refractivity contribution in [1.82, 2.24) is 24.1 Å². The lowest BCUT2D eigenvalue weighted by Crippen LogP contribution is -2.25. The van der Waals surface area contributed by atoms with Crippen LogP contribution in [0.15, 0.2) is 96.4 Å². The molecule has 1 aromatic carbocycles. The normalized spacial score (nSPS) is 11.0. The molecule has 0 aliphatic heterocycles. The lowest BCUT2D eigenvalue weighted by atomic mass is 10.1. The molecule has 0 radical (unpaired) electrons. The zero-order valence-corrected chi connectivity index (χ0v) is 15.5. The summed E-state index contributed by atoms with van der Waals surface area (Å²) < 4.78 is 3.64. The molecule has 5 aromatic rings. The minimum atomic E-state index is -0.176. The third-order valence-electron chi connectivity index (χ3n) is 4.77. The number of hydrogen-bond donors (Lipinski definition) is 0. The quantitative estimate of drug-likeness (QED) is 0.479. The van der Waals surface area contributed by atoms with E-state index >= 15 is 0 Å². The van der Waals surface area contributed by atoms with Gasteiger partial charge in [0.2, 0.25) is 0 Å². The zero-order chi connectivity index (χ0) is 19.6. The molecule has 6 nitrogen and oxygen atoms in total. The maximum atomic E-state index is 13.4. The Morgan fingerprint density at radius 2 is 1.69 bits per heavy atom. The second kappa shape index (κ2) is 7.16. The van der Waals surface area contributed by atoms with Crippen LogP contribution in [0, 0.1) is 0 Å². The van der Waals surface area contributed by atoms with Crippen LogP contribution >= 0.6 is 0 Å². The second-order valence-corrected chi connectivity index (χ2v) is 6.69. The summed E-state index contributed by atoms with van der Waals surface area (Å²) in [4.78, 5) is 26.6. The fourth-order valence-electron chi connectivity index (χ4n) is 3.42. The molecular weight excluding hydrogens is 362 g/mol. The number of pyridine rings is 2. The van der Waals surface area contributed by atoms with E-state index in [1.807, 2.05) is 77.6 Å². The maximum Gasteiger partial charge on any atom is 0.278 e. The topological polar surface area (TPSA) is 65.6 Å². The van der Waals surface area contributed by atoms with Crippen molar-refractivity contribution < 1.29 is 0 Å². The van der Waals surface area contributed by atoms with Crippen molar-refractivity contribution in [2.45, 2.75) is 6.42 Å². The van der Waals surface area contributed by atoms with E-state index in [-0.39, 0.29) is 5.56 Å². The summed E-state index contributed by atoms with van der Waals surface area (Å²) in [6.07, 6.45) is 9.50. The smallest absolute Gasteiger partial charge is 0.278 e. The average Bonchev–Trinajstić information content (AvgIpc) is 3.30. The van der Waals surface area contributed by atoms with Gasteiger partial charge in [0.15, 0.2) is 5.65 Å².